The summed E-state index contributed by atoms with van der Waals surface area (Å²) >= 11 is 5.77. The summed E-state index contributed by atoms with van der Waals surface area (Å²) in [5, 5.41) is 0.573. The molecular weight excluding hydrogens is 226 g/mol. The summed E-state index contributed by atoms with van der Waals surface area (Å²) in [5.41, 5.74) is 7.57. The molecule has 0 fully saturated rings. The summed E-state index contributed by atoms with van der Waals surface area (Å²) in [6.45, 7) is 3.81. The van der Waals surface area contributed by atoms with Crippen molar-refractivity contribution in [1.82, 2.24) is 0 Å². The largest absolute Gasteiger partial charge is 0.463 e. The Hall–Kier alpha value is -1.48. The standard InChI is InChI=1S/C12H14ClNO2/c1-3-16-12(15)8(2)6-9-4-5-10(13)7-11(9)14/h4-7H,3,14H2,1-2H3. The third kappa shape index (κ3) is 3.28. The Morgan fingerprint density at radius 1 is 1.56 bits per heavy atom. The number of benzene rings is 1. The molecule has 0 amide bonds. The van der Waals surface area contributed by atoms with Crippen LogP contribution in [0.25, 0.3) is 6.08 Å². The summed E-state index contributed by atoms with van der Waals surface area (Å²) in [5.74, 6) is -0.336. The number of nitrogen functional groups attached to an aromatic ring is 1. The molecule has 4 heteroatoms. The number of rotatable bonds is 3. The van der Waals surface area contributed by atoms with Gasteiger partial charge in [0.05, 0.1) is 6.61 Å². The molecule has 0 aliphatic rings. The SMILES string of the molecule is CCOC(=O)C(C)=Cc1ccc(Cl)cc1N. The average molecular weight is 240 g/mol. The molecule has 86 valence electrons. The van der Waals surface area contributed by atoms with E-state index in [1.807, 2.05) is 0 Å². The van der Waals surface area contributed by atoms with E-state index in [1.165, 1.54) is 0 Å². The fourth-order valence-corrected chi connectivity index (χ4v) is 1.39. The van der Waals surface area contributed by atoms with Gasteiger partial charge >= 0.3 is 5.97 Å². The van der Waals surface area contributed by atoms with Gasteiger partial charge in [0.1, 0.15) is 0 Å². The third-order valence-corrected chi connectivity index (χ3v) is 2.25. The zero-order chi connectivity index (χ0) is 12.1. The molecule has 0 heterocycles. The number of hydrogen-bond acceptors (Lipinski definition) is 3. The van der Waals surface area contributed by atoms with Crippen LogP contribution in [0.4, 0.5) is 5.69 Å². The molecule has 0 aliphatic heterocycles. The lowest BCUT2D eigenvalue weighted by molar-refractivity contribution is -0.138. The maximum atomic E-state index is 11.4. The minimum absolute atomic E-state index is 0.336. The lowest BCUT2D eigenvalue weighted by Crippen LogP contribution is -2.05. The van der Waals surface area contributed by atoms with Crippen molar-refractivity contribution in [2.45, 2.75) is 13.8 Å². The number of hydrogen-bond donors (Lipinski definition) is 1. The second-order valence-electron chi connectivity index (χ2n) is 3.32. The minimum atomic E-state index is -0.336. The monoisotopic (exact) mass is 239 g/mol. The van der Waals surface area contributed by atoms with Gasteiger partial charge in [-0.05, 0) is 37.6 Å². The van der Waals surface area contributed by atoms with Crippen LogP contribution < -0.4 is 5.73 Å². The first kappa shape index (κ1) is 12.6. The van der Waals surface area contributed by atoms with Crippen molar-refractivity contribution in [3.63, 3.8) is 0 Å². The predicted octanol–water partition coefficient (Wildman–Crippen LogP) is 2.89. The average Bonchev–Trinajstić information content (AvgIpc) is 2.22. The van der Waals surface area contributed by atoms with Crippen molar-refractivity contribution >= 4 is 29.3 Å². The smallest absolute Gasteiger partial charge is 0.333 e. The summed E-state index contributed by atoms with van der Waals surface area (Å²) in [4.78, 5) is 11.4. The summed E-state index contributed by atoms with van der Waals surface area (Å²) in [6.07, 6.45) is 1.68. The molecule has 2 N–H and O–H groups in total. The van der Waals surface area contributed by atoms with Crippen LogP contribution in [0.1, 0.15) is 19.4 Å². The lowest BCUT2D eigenvalue weighted by atomic mass is 10.1. The van der Waals surface area contributed by atoms with E-state index in [1.54, 1.807) is 38.1 Å². The van der Waals surface area contributed by atoms with Gasteiger partial charge in [0.25, 0.3) is 0 Å². The van der Waals surface area contributed by atoms with Crippen LogP contribution in [0.2, 0.25) is 5.02 Å². The van der Waals surface area contributed by atoms with E-state index in [4.69, 9.17) is 22.1 Å². The number of anilines is 1. The van der Waals surface area contributed by atoms with Gasteiger partial charge in [0.15, 0.2) is 0 Å². The molecule has 3 nitrogen and oxygen atoms in total. The van der Waals surface area contributed by atoms with Gasteiger partial charge in [-0.15, -0.1) is 0 Å². The molecule has 0 bridgehead atoms. The maximum Gasteiger partial charge on any atom is 0.333 e. The number of esters is 1. The van der Waals surface area contributed by atoms with E-state index in [-0.39, 0.29) is 5.97 Å². The van der Waals surface area contributed by atoms with E-state index in [9.17, 15) is 4.79 Å². The molecule has 0 saturated carbocycles. The zero-order valence-corrected chi connectivity index (χ0v) is 10.0. The second-order valence-corrected chi connectivity index (χ2v) is 3.76. The molecule has 0 radical (unpaired) electrons. The molecule has 0 aromatic heterocycles. The first-order valence-electron chi connectivity index (χ1n) is 4.95. The van der Waals surface area contributed by atoms with E-state index in [0.29, 0.717) is 22.9 Å². The van der Waals surface area contributed by atoms with Gasteiger partial charge in [0.2, 0.25) is 0 Å². The fourth-order valence-electron chi connectivity index (χ4n) is 1.21. The molecule has 1 rings (SSSR count). The van der Waals surface area contributed by atoms with Crippen LogP contribution in [0, 0.1) is 0 Å². The van der Waals surface area contributed by atoms with Crippen LogP contribution in [0.5, 0.6) is 0 Å². The van der Waals surface area contributed by atoms with E-state index < -0.39 is 0 Å². The van der Waals surface area contributed by atoms with E-state index >= 15 is 0 Å². The Labute approximate surface area is 99.8 Å². The van der Waals surface area contributed by atoms with Crippen LogP contribution in [0.15, 0.2) is 23.8 Å². The number of nitrogens with two attached hydrogens (primary N) is 1. The third-order valence-electron chi connectivity index (χ3n) is 2.02. The molecule has 0 saturated heterocycles. The number of ether oxygens (including phenoxy) is 1. The number of carbonyl (C=O) groups excluding carboxylic acids is 1. The summed E-state index contributed by atoms with van der Waals surface area (Å²) in [6, 6.07) is 5.13. The number of carbonyl (C=O) groups is 1. The molecule has 1 aromatic rings. The highest BCUT2D eigenvalue weighted by Gasteiger charge is 2.05. The zero-order valence-electron chi connectivity index (χ0n) is 9.29. The highest BCUT2D eigenvalue weighted by atomic mass is 35.5. The Morgan fingerprint density at radius 3 is 2.81 bits per heavy atom. The molecule has 16 heavy (non-hydrogen) atoms. The van der Waals surface area contributed by atoms with Gasteiger partial charge in [-0.1, -0.05) is 17.7 Å². The van der Waals surface area contributed by atoms with Gasteiger partial charge < -0.3 is 10.5 Å². The first-order chi connectivity index (χ1) is 7.54. The summed E-state index contributed by atoms with van der Waals surface area (Å²) in [7, 11) is 0. The van der Waals surface area contributed by atoms with Crippen LogP contribution >= 0.6 is 11.6 Å². The molecule has 0 spiro atoms. The second kappa shape index (κ2) is 5.56. The Morgan fingerprint density at radius 2 is 2.25 bits per heavy atom. The Balaban J connectivity index is 2.94. The molecule has 1 aromatic carbocycles. The number of halogens is 1. The Bertz CT molecular complexity index is 427. The van der Waals surface area contributed by atoms with Gasteiger partial charge in [-0.25, -0.2) is 4.79 Å². The lowest BCUT2D eigenvalue weighted by Gasteiger charge is -2.04. The highest BCUT2D eigenvalue weighted by molar-refractivity contribution is 6.30. The van der Waals surface area contributed by atoms with E-state index in [2.05, 4.69) is 0 Å². The molecular formula is C12H14ClNO2. The van der Waals surface area contributed by atoms with Crippen molar-refractivity contribution in [3.8, 4) is 0 Å². The topological polar surface area (TPSA) is 52.3 Å². The quantitative estimate of drug-likeness (QED) is 0.501. The predicted molar refractivity (Wildman–Crippen MR) is 66.1 cm³/mol. The molecule has 0 atom stereocenters. The molecule has 0 unspecified atom stereocenters. The van der Waals surface area contributed by atoms with Gasteiger partial charge in [-0.2, -0.15) is 0 Å². The van der Waals surface area contributed by atoms with Crippen LogP contribution in [-0.2, 0) is 9.53 Å². The van der Waals surface area contributed by atoms with Crippen molar-refractivity contribution in [2.24, 2.45) is 0 Å². The summed E-state index contributed by atoms with van der Waals surface area (Å²) < 4.78 is 4.87. The molecule has 0 aliphatic carbocycles. The fraction of sp³-hybridized carbons (Fsp3) is 0.250. The van der Waals surface area contributed by atoms with Crippen molar-refractivity contribution in [3.05, 3.63) is 34.4 Å². The highest BCUT2D eigenvalue weighted by Crippen LogP contribution is 2.20. The van der Waals surface area contributed by atoms with E-state index in [0.717, 1.165) is 5.56 Å². The van der Waals surface area contributed by atoms with Gasteiger partial charge in [-0.3, -0.25) is 0 Å². The first-order valence-corrected chi connectivity index (χ1v) is 5.33. The van der Waals surface area contributed by atoms with Crippen LogP contribution in [0.3, 0.4) is 0 Å². The normalized spacial score (nSPS) is 11.3. The minimum Gasteiger partial charge on any atom is -0.463 e. The van der Waals surface area contributed by atoms with Crippen LogP contribution in [-0.4, -0.2) is 12.6 Å². The van der Waals surface area contributed by atoms with Crippen molar-refractivity contribution in [2.75, 3.05) is 12.3 Å². The van der Waals surface area contributed by atoms with Gasteiger partial charge in [0, 0.05) is 16.3 Å². The maximum absolute atomic E-state index is 11.4. The Kier molecular flexibility index (Phi) is 4.38. The van der Waals surface area contributed by atoms with Crippen molar-refractivity contribution < 1.29 is 9.53 Å². The van der Waals surface area contributed by atoms with Crippen molar-refractivity contribution in [1.29, 1.82) is 0 Å².